The molecule has 0 amide bonds. The second-order valence-corrected chi connectivity index (χ2v) is 2.45. The molecule has 7 nitrogen and oxygen atoms in total. The molecule has 0 aromatic rings. The number of hydrogen-bond donors (Lipinski definition) is 5. The van der Waals surface area contributed by atoms with Crippen LogP contribution in [0.4, 0.5) is 0 Å². The average molecular weight is 200 g/mol. The first-order valence-electron chi connectivity index (χ1n) is 1.41. The average Bonchev–Trinajstić information content (AvgIpc) is 1.19. The molecule has 0 saturated heterocycles. The molecule has 0 heterocycles. The fourth-order valence-corrected chi connectivity index (χ4v) is 0. The predicted octanol–water partition coefficient (Wildman–Crippen LogP) is -6.27. The third-order valence-corrected chi connectivity index (χ3v) is 0. The third-order valence-electron chi connectivity index (χ3n) is 0. The summed E-state index contributed by atoms with van der Waals surface area (Å²) in [5, 5.41) is 0. The summed E-state index contributed by atoms with van der Waals surface area (Å²) in [6.07, 6.45) is 0. The summed E-state index contributed by atoms with van der Waals surface area (Å²) < 4.78 is 24.1. The van der Waals surface area contributed by atoms with Gasteiger partial charge in [-0.2, -0.15) is 0 Å². The van der Waals surface area contributed by atoms with Gasteiger partial charge in [0.05, 0.1) is 11.4 Å². The van der Waals surface area contributed by atoms with Gasteiger partial charge in [0.25, 0.3) is 0 Å². The van der Waals surface area contributed by atoms with E-state index >= 15 is 0 Å². The first kappa shape index (κ1) is 17.3. The van der Waals surface area contributed by atoms with Crippen LogP contribution in [-0.4, -0.2) is 41.5 Å². The molecule has 0 radical (unpaired) electrons. The van der Waals surface area contributed by atoms with Crippen LogP contribution < -0.4 is 29.6 Å². The van der Waals surface area contributed by atoms with Crippen molar-refractivity contribution in [3.8, 4) is 0 Å². The third kappa shape index (κ3) is 475. The monoisotopic (exact) mass is 200 g/mol. The zero-order chi connectivity index (χ0) is 8.08. The molecular weight excluding hydrogens is 195 g/mol. The quantitative estimate of drug-likeness (QED) is 0.193. The Morgan fingerprint density at radius 1 is 1.20 bits per heavy atom. The van der Waals surface area contributed by atoms with Crippen LogP contribution in [0.15, 0.2) is 0 Å². The normalized spacial score (nSPS) is 12.2. The predicted molar refractivity (Wildman–Crippen MR) is 26.2 cm³/mol. The van der Waals surface area contributed by atoms with Crippen LogP contribution in [0.1, 0.15) is 0 Å². The van der Waals surface area contributed by atoms with Crippen molar-refractivity contribution in [2.75, 3.05) is 0 Å². The van der Waals surface area contributed by atoms with E-state index in [0.29, 0.717) is 0 Å². The largest absolute Gasteiger partial charge is 1.00 e. The molecule has 5 N–H and O–H groups in total. The molecule has 1 atom stereocenters. The Balaban J connectivity index is -0.0000000910. The fourth-order valence-electron chi connectivity index (χ4n) is 0. The van der Waals surface area contributed by atoms with Crippen LogP contribution in [0.3, 0.4) is 0 Å². The van der Waals surface area contributed by atoms with Crippen molar-refractivity contribution in [3.05, 3.63) is 0 Å². The Morgan fingerprint density at radius 2 is 1.20 bits per heavy atom. The number of hydrogen-bond acceptors (Lipinski definition) is 6. The maximum atomic E-state index is 8.56. The van der Waals surface area contributed by atoms with Crippen LogP contribution >= 0.6 is 0 Å². The van der Waals surface area contributed by atoms with Crippen LogP contribution in [0.2, 0.25) is 0 Å². The van der Waals surface area contributed by atoms with Crippen molar-refractivity contribution in [1.82, 2.24) is 0 Å². The van der Waals surface area contributed by atoms with Crippen molar-refractivity contribution >= 4 is 20.4 Å². The smallest absolute Gasteiger partial charge is 0.750 e. The molecule has 0 fully saturated rings. The summed E-state index contributed by atoms with van der Waals surface area (Å²) in [5.41, 5.74) is 0. The summed E-state index contributed by atoms with van der Waals surface area (Å²) in [7, 11) is -4.61. The van der Waals surface area contributed by atoms with Gasteiger partial charge in [0, 0.05) is 0 Å². The molecule has 0 aliphatic heterocycles. The minimum atomic E-state index is -4.61. The van der Waals surface area contributed by atoms with E-state index in [1.807, 2.05) is 0 Å². The topological polar surface area (TPSA) is 141 Å². The molecule has 10 heavy (non-hydrogen) atoms. The summed E-state index contributed by atoms with van der Waals surface area (Å²) >= 11 is -2.86. The zero-order valence-electron chi connectivity index (χ0n) is 4.96. The molecule has 10 heteroatoms. The van der Waals surface area contributed by atoms with Gasteiger partial charge in [-0.3, -0.25) is 0 Å². The molecule has 0 spiro atoms. The maximum Gasteiger partial charge on any atom is 1.00 e. The van der Waals surface area contributed by atoms with Gasteiger partial charge < -0.3 is 28.3 Å². The molecule has 0 aromatic carbocycles. The van der Waals surface area contributed by atoms with E-state index in [9.17, 15) is 0 Å². The summed E-state index contributed by atoms with van der Waals surface area (Å²) in [4.78, 5) is 29.3. The van der Waals surface area contributed by atoms with Crippen molar-refractivity contribution in [1.29, 1.82) is 0 Å². The number of rotatable bonds is 0. The molecule has 0 aromatic heterocycles. The Bertz CT molecular complexity index is 76.1. The minimum absolute atomic E-state index is 0. The van der Waals surface area contributed by atoms with Crippen LogP contribution in [0.5, 0.6) is 0 Å². The molecule has 0 saturated carbocycles. The Morgan fingerprint density at radius 3 is 1.20 bits per heavy atom. The van der Waals surface area contributed by atoms with Crippen molar-refractivity contribution < 1.29 is 62.1 Å². The molecule has 0 aliphatic rings. The van der Waals surface area contributed by atoms with Crippen molar-refractivity contribution in [3.63, 3.8) is 0 Å². The first-order valence-corrected chi connectivity index (χ1v) is 4.23. The summed E-state index contributed by atoms with van der Waals surface area (Å²) in [6, 6.07) is 0. The van der Waals surface area contributed by atoms with Gasteiger partial charge in [-0.25, -0.2) is 4.21 Å². The molecule has 0 rings (SSSR count). The summed E-state index contributed by atoms with van der Waals surface area (Å²) in [6.45, 7) is 0. The van der Waals surface area contributed by atoms with E-state index in [1.165, 1.54) is 0 Å². The van der Waals surface area contributed by atoms with E-state index in [1.54, 1.807) is 0 Å². The van der Waals surface area contributed by atoms with Crippen LogP contribution in [0.25, 0.3) is 0 Å². The zero-order valence-corrected chi connectivity index (χ0v) is 8.78. The second kappa shape index (κ2) is 8.23. The molecule has 1 unspecified atom stereocenters. The summed E-state index contributed by atoms with van der Waals surface area (Å²) in [5.74, 6) is 0. The maximum absolute atomic E-state index is 8.56. The van der Waals surface area contributed by atoms with Gasteiger partial charge in [-0.1, -0.05) is 0 Å². The molecular formula is H5NaO7SSi. The van der Waals surface area contributed by atoms with Gasteiger partial charge in [-0.05, 0) is 0 Å². The van der Waals surface area contributed by atoms with Gasteiger partial charge >= 0.3 is 38.6 Å². The van der Waals surface area contributed by atoms with Gasteiger partial charge in [0.1, 0.15) is 0 Å². The van der Waals surface area contributed by atoms with Gasteiger partial charge in [-0.15, -0.1) is 0 Å². The van der Waals surface area contributed by atoms with Crippen molar-refractivity contribution in [2.24, 2.45) is 0 Å². The SMILES string of the molecule is O=S([O-])O.O[Si](O)(O)O.[Na+]. The fraction of sp³-hybridized carbons (Fsp3) is 0. The Kier molecular flexibility index (Phi) is 14.2. The molecule has 0 bridgehead atoms. The van der Waals surface area contributed by atoms with Crippen molar-refractivity contribution in [2.45, 2.75) is 0 Å². The van der Waals surface area contributed by atoms with E-state index in [0.717, 1.165) is 0 Å². The van der Waals surface area contributed by atoms with E-state index in [2.05, 4.69) is 0 Å². The van der Waals surface area contributed by atoms with Crippen LogP contribution in [-0.2, 0) is 11.4 Å². The molecule has 0 aliphatic carbocycles. The molecule has 58 valence electrons. The standard InChI is InChI=1S/Na.H4O4Si.H2O3S/c;1-5(2,3)4;1-4(2)3/h;1-4H;(H2,1,2,3)/q+1;;/p-1. The second-order valence-electron chi connectivity index (χ2n) is 0.817. The van der Waals surface area contributed by atoms with Crippen LogP contribution in [0, 0.1) is 0 Å². The van der Waals surface area contributed by atoms with E-state index in [4.69, 9.17) is 32.5 Å². The van der Waals surface area contributed by atoms with E-state index in [-0.39, 0.29) is 29.6 Å². The Hall–Kier alpha value is 1.13. The van der Waals surface area contributed by atoms with E-state index < -0.39 is 20.4 Å². The minimum Gasteiger partial charge on any atom is -0.750 e. The Labute approximate surface area is 82.2 Å². The van der Waals surface area contributed by atoms with Gasteiger partial charge in [0.2, 0.25) is 0 Å². The first-order chi connectivity index (χ1) is 3.73. The van der Waals surface area contributed by atoms with Gasteiger partial charge in [0.15, 0.2) is 0 Å².